The van der Waals surface area contributed by atoms with Crippen LogP contribution in [-0.2, 0) is 9.47 Å². The summed E-state index contributed by atoms with van der Waals surface area (Å²) in [5.41, 5.74) is 1.40. The molecule has 10 nitrogen and oxygen atoms in total. The minimum Gasteiger partial charge on any atom is -0.444 e. The molecule has 2 aliphatic rings. The van der Waals surface area contributed by atoms with Crippen LogP contribution in [0.3, 0.4) is 0 Å². The molecule has 0 radical (unpaired) electrons. The van der Waals surface area contributed by atoms with Crippen molar-refractivity contribution in [2.75, 3.05) is 43.1 Å². The van der Waals surface area contributed by atoms with Crippen molar-refractivity contribution in [2.24, 2.45) is 5.92 Å². The molecule has 0 atom stereocenters. The van der Waals surface area contributed by atoms with Crippen LogP contribution in [0.25, 0.3) is 16.9 Å². The number of carbonyl (C=O) groups is 1. The molecule has 41 heavy (non-hydrogen) atoms. The predicted molar refractivity (Wildman–Crippen MR) is 153 cm³/mol. The Morgan fingerprint density at radius 3 is 2.49 bits per heavy atom. The summed E-state index contributed by atoms with van der Waals surface area (Å²) in [6.07, 6.45) is 0.386. The van der Waals surface area contributed by atoms with Gasteiger partial charge in [-0.2, -0.15) is 9.97 Å². The second-order valence-electron chi connectivity index (χ2n) is 11.8. The van der Waals surface area contributed by atoms with Gasteiger partial charge in [0, 0.05) is 31.7 Å². The molecule has 0 spiro atoms. The average molecular weight is 572 g/mol. The van der Waals surface area contributed by atoms with Gasteiger partial charge in [-0.05, 0) is 70.9 Å². The zero-order valence-electron chi connectivity index (χ0n) is 24.1. The number of ether oxygens (including phenoxy) is 2. The molecule has 2 aromatic heterocycles. The zero-order chi connectivity index (χ0) is 29.1. The number of aryl methyl sites for hydroxylation is 1. The van der Waals surface area contributed by atoms with E-state index in [1.165, 1.54) is 4.57 Å². The minimum absolute atomic E-state index is 0.0827. The Labute approximate surface area is 238 Å². The molecule has 0 unspecified atom stereocenters. The fourth-order valence-electron chi connectivity index (χ4n) is 5.44. The number of nitrogens with zero attached hydrogens (tertiary/aromatic N) is 5. The zero-order valence-corrected chi connectivity index (χ0v) is 24.1. The average Bonchev–Trinajstić information content (AvgIpc) is 3.33. The van der Waals surface area contributed by atoms with Gasteiger partial charge in [-0.1, -0.05) is 12.1 Å². The van der Waals surface area contributed by atoms with E-state index in [1.54, 1.807) is 12.1 Å². The number of benzene rings is 1. The maximum Gasteiger partial charge on any atom is 0.407 e. The molecule has 0 bridgehead atoms. The Morgan fingerprint density at radius 1 is 1.10 bits per heavy atom. The summed E-state index contributed by atoms with van der Waals surface area (Å²) in [6.45, 7) is 10.5. The molecule has 3 heterocycles. The molecule has 5 rings (SSSR count). The number of halogens is 2. The lowest BCUT2D eigenvalue weighted by Gasteiger charge is -2.30. The van der Waals surface area contributed by atoms with Crippen molar-refractivity contribution < 1.29 is 23.0 Å². The van der Waals surface area contributed by atoms with E-state index in [1.807, 2.05) is 39.8 Å². The van der Waals surface area contributed by atoms with Crippen LogP contribution >= 0.6 is 0 Å². The summed E-state index contributed by atoms with van der Waals surface area (Å²) in [6, 6.07) is 7.31. The number of hydrogen-bond acceptors (Lipinski definition) is 8. The highest BCUT2D eigenvalue weighted by molar-refractivity contribution is 5.81. The highest BCUT2D eigenvalue weighted by atomic mass is 19.3. The molecule has 1 amide bonds. The van der Waals surface area contributed by atoms with Crippen molar-refractivity contribution in [3.05, 3.63) is 35.7 Å². The highest BCUT2D eigenvalue weighted by Crippen LogP contribution is 2.31. The van der Waals surface area contributed by atoms with Crippen LogP contribution in [0.5, 0.6) is 0 Å². The number of aromatic nitrogens is 4. The first-order valence-corrected chi connectivity index (χ1v) is 14.3. The van der Waals surface area contributed by atoms with E-state index in [4.69, 9.17) is 19.4 Å². The monoisotopic (exact) mass is 571 g/mol. The SMILES string of the molecule is Cc1cccc2c1nc(C(F)F)n2-c1cc(N2CCOCC2)nc(NCC2CCC(NC(=O)OC(C)(C)C)CC2)n1. The molecule has 2 N–H and O–H groups in total. The van der Waals surface area contributed by atoms with E-state index in [0.717, 1.165) is 31.2 Å². The van der Waals surface area contributed by atoms with Gasteiger partial charge in [0.05, 0.1) is 24.2 Å². The summed E-state index contributed by atoms with van der Waals surface area (Å²) in [5, 5.41) is 6.36. The number of anilines is 2. The second kappa shape index (κ2) is 12.1. The van der Waals surface area contributed by atoms with Gasteiger partial charge in [-0.15, -0.1) is 0 Å². The molecule has 1 aromatic carbocycles. The normalized spacial score (nSPS) is 19.9. The van der Waals surface area contributed by atoms with E-state index in [2.05, 4.69) is 20.5 Å². The number of nitrogens with one attached hydrogen (secondary N) is 2. The van der Waals surface area contributed by atoms with Crippen LogP contribution in [-0.4, -0.2) is 70.1 Å². The third kappa shape index (κ3) is 7.03. The lowest BCUT2D eigenvalue weighted by Crippen LogP contribution is -2.41. The topological polar surface area (TPSA) is 106 Å². The van der Waals surface area contributed by atoms with Gasteiger partial charge in [0.15, 0.2) is 5.82 Å². The fraction of sp³-hybridized carbons (Fsp3) is 0.586. The Bertz CT molecular complexity index is 1360. The van der Waals surface area contributed by atoms with Gasteiger partial charge in [-0.25, -0.2) is 18.6 Å². The molecular formula is C29H39F2N7O3. The molecule has 1 saturated carbocycles. The van der Waals surface area contributed by atoms with Crippen LogP contribution in [0.1, 0.15) is 64.3 Å². The smallest absolute Gasteiger partial charge is 0.407 e. The minimum atomic E-state index is -2.77. The summed E-state index contributed by atoms with van der Waals surface area (Å²) in [5.74, 6) is 1.40. The van der Waals surface area contributed by atoms with E-state index in [9.17, 15) is 13.6 Å². The number of amides is 1. The molecule has 222 valence electrons. The number of imidazole rings is 1. The van der Waals surface area contributed by atoms with Gasteiger partial charge in [0.2, 0.25) is 5.95 Å². The van der Waals surface area contributed by atoms with Gasteiger partial charge in [-0.3, -0.25) is 4.57 Å². The molecule has 12 heteroatoms. The fourth-order valence-corrected chi connectivity index (χ4v) is 5.44. The van der Waals surface area contributed by atoms with Gasteiger partial charge in [0.1, 0.15) is 17.2 Å². The molecule has 3 aromatic rings. The third-order valence-corrected chi connectivity index (χ3v) is 7.49. The Kier molecular flexibility index (Phi) is 8.58. The van der Waals surface area contributed by atoms with E-state index >= 15 is 0 Å². The number of alkyl halides is 2. The lowest BCUT2D eigenvalue weighted by atomic mass is 9.86. The molecule has 1 saturated heterocycles. The van der Waals surface area contributed by atoms with Crippen LogP contribution in [0.2, 0.25) is 0 Å². The molecule has 2 fully saturated rings. The number of hydrogen-bond donors (Lipinski definition) is 2. The lowest BCUT2D eigenvalue weighted by molar-refractivity contribution is 0.0488. The van der Waals surface area contributed by atoms with E-state index in [0.29, 0.717) is 67.4 Å². The first kappa shape index (κ1) is 29.0. The van der Waals surface area contributed by atoms with Crippen molar-refractivity contribution in [2.45, 2.75) is 71.4 Å². The van der Waals surface area contributed by atoms with Crippen molar-refractivity contribution in [1.82, 2.24) is 24.8 Å². The maximum absolute atomic E-state index is 14.2. The summed E-state index contributed by atoms with van der Waals surface area (Å²) >= 11 is 0. The van der Waals surface area contributed by atoms with Crippen LogP contribution in [0.4, 0.5) is 25.3 Å². The van der Waals surface area contributed by atoms with Crippen LogP contribution in [0, 0.1) is 12.8 Å². The number of carbonyl (C=O) groups excluding carboxylic acids is 1. The van der Waals surface area contributed by atoms with Gasteiger partial charge < -0.3 is 25.0 Å². The van der Waals surface area contributed by atoms with Crippen LogP contribution in [0.15, 0.2) is 24.3 Å². The quantitative estimate of drug-likeness (QED) is 0.389. The van der Waals surface area contributed by atoms with Crippen molar-refractivity contribution in [1.29, 1.82) is 0 Å². The Morgan fingerprint density at radius 2 is 1.80 bits per heavy atom. The second-order valence-corrected chi connectivity index (χ2v) is 11.8. The maximum atomic E-state index is 14.2. The Hall–Kier alpha value is -3.54. The number of rotatable bonds is 7. The van der Waals surface area contributed by atoms with Crippen molar-refractivity contribution in [3.8, 4) is 5.82 Å². The van der Waals surface area contributed by atoms with Gasteiger partial charge in [0.25, 0.3) is 6.43 Å². The first-order chi connectivity index (χ1) is 19.6. The van der Waals surface area contributed by atoms with Crippen molar-refractivity contribution in [3.63, 3.8) is 0 Å². The number of alkyl carbamates (subject to hydrolysis) is 1. The molecular weight excluding hydrogens is 532 g/mol. The summed E-state index contributed by atoms with van der Waals surface area (Å²) in [4.78, 5) is 28.0. The summed E-state index contributed by atoms with van der Waals surface area (Å²) in [7, 11) is 0. The largest absolute Gasteiger partial charge is 0.444 e. The number of morpholine rings is 1. The van der Waals surface area contributed by atoms with Crippen molar-refractivity contribution >= 4 is 28.9 Å². The van der Waals surface area contributed by atoms with Crippen LogP contribution < -0.4 is 15.5 Å². The molecule has 1 aliphatic heterocycles. The predicted octanol–water partition coefficient (Wildman–Crippen LogP) is 5.39. The Balaban J connectivity index is 1.35. The van der Waals surface area contributed by atoms with E-state index < -0.39 is 12.0 Å². The van der Waals surface area contributed by atoms with E-state index in [-0.39, 0.29) is 18.0 Å². The van der Waals surface area contributed by atoms with Gasteiger partial charge >= 0.3 is 6.09 Å². The molecule has 1 aliphatic carbocycles. The highest BCUT2D eigenvalue weighted by Gasteiger charge is 2.26. The number of fused-ring (bicyclic) bond motifs is 1. The standard InChI is InChI=1S/C29H39F2N7O3/c1-18-6-5-7-21-24(18)36-26(25(30)31)38(21)23-16-22(37-12-14-40-15-13-37)34-27(35-23)32-17-19-8-10-20(11-9-19)33-28(39)41-29(2,3)4/h5-7,16,19-20,25H,8-15,17H2,1-4H3,(H,33,39)(H,32,34,35). The summed E-state index contributed by atoms with van der Waals surface area (Å²) < 4.78 is 40.8. The third-order valence-electron chi connectivity index (χ3n) is 7.49. The first-order valence-electron chi connectivity index (χ1n) is 14.3. The number of para-hydroxylation sites is 1.